The summed E-state index contributed by atoms with van der Waals surface area (Å²) in [6, 6.07) is 6.99. The number of carbonyl (C=O) groups excluding carboxylic acids is 3. The maximum absolute atomic E-state index is 12.6. The van der Waals surface area contributed by atoms with Crippen molar-refractivity contribution in [3.63, 3.8) is 0 Å². The van der Waals surface area contributed by atoms with Crippen LogP contribution in [-0.4, -0.2) is 49.5 Å². The Labute approximate surface area is 139 Å². The van der Waals surface area contributed by atoms with Gasteiger partial charge in [0.15, 0.2) is 0 Å². The number of rotatable bonds is 3. The Morgan fingerprint density at radius 1 is 1.17 bits per heavy atom. The van der Waals surface area contributed by atoms with Crippen molar-refractivity contribution < 1.29 is 29.2 Å². The number of nitrogens with zero attached hydrogens (tertiary/aromatic N) is 1. The molecule has 7 nitrogen and oxygen atoms in total. The lowest BCUT2D eigenvalue weighted by Crippen LogP contribution is -2.97. The quantitative estimate of drug-likeness (QED) is 0.594. The predicted molar refractivity (Wildman–Crippen MR) is 82.8 cm³/mol. The molecule has 3 rings (SSSR count). The Hall–Kier alpha value is -2.41. The number of nitrogens with two attached hydrogens (primary N) is 1. The summed E-state index contributed by atoms with van der Waals surface area (Å²) in [5.41, 5.74) is -0.253. The van der Waals surface area contributed by atoms with Gasteiger partial charge in [-0.25, -0.2) is 4.79 Å². The van der Waals surface area contributed by atoms with Crippen LogP contribution in [0.2, 0.25) is 0 Å². The monoisotopic (exact) mass is 333 g/mol. The third-order valence-corrected chi connectivity index (χ3v) is 5.26. The summed E-state index contributed by atoms with van der Waals surface area (Å²) in [5, 5.41) is 1.79. The average Bonchev–Trinajstić information content (AvgIpc) is 3.04. The molecule has 0 saturated carbocycles. The number of benzene rings is 1. The molecule has 24 heavy (non-hydrogen) atoms. The Kier molecular flexibility index (Phi) is 3.83. The van der Waals surface area contributed by atoms with Gasteiger partial charge in [-0.15, -0.1) is 0 Å². The number of methoxy groups -OCH3 is 2. The van der Waals surface area contributed by atoms with Gasteiger partial charge in [0.25, 0.3) is 0 Å². The Balaban J connectivity index is 2.06. The van der Waals surface area contributed by atoms with Crippen LogP contribution < -0.4 is 10.1 Å². The molecule has 4 atom stereocenters. The number of hydrogen-bond acceptors (Lipinski definition) is 5. The van der Waals surface area contributed by atoms with Gasteiger partial charge in [0, 0.05) is 19.5 Å². The SMILES string of the molecule is COC(=O)[C@]1(C)[NH2+][C@@H](c2ccc(OC)cc2)[C@H]2C(=O)N(C)C(=O)[C@@H]21. The maximum Gasteiger partial charge on any atom is 0.368 e. The highest BCUT2D eigenvalue weighted by Crippen LogP contribution is 2.43. The lowest BCUT2D eigenvalue weighted by atomic mass is 9.80. The number of imide groups is 1. The average molecular weight is 333 g/mol. The minimum atomic E-state index is -1.12. The smallest absolute Gasteiger partial charge is 0.368 e. The molecule has 2 N–H and O–H groups in total. The molecule has 2 saturated heterocycles. The van der Waals surface area contributed by atoms with Gasteiger partial charge >= 0.3 is 5.97 Å². The fourth-order valence-electron chi connectivity index (χ4n) is 3.95. The molecule has 0 radical (unpaired) electrons. The molecular formula is C17H21N2O5+. The van der Waals surface area contributed by atoms with Crippen LogP contribution in [-0.2, 0) is 19.1 Å². The molecule has 2 heterocycles. The van der Waals surface area contributed by atoms with E-state index < -0.39 is 23.3 Å². The largest absolute Gasteiger partial charge is 0.497 e. The summed E-state index contributed by atoms with van der Waals surface area (Å²) < 4.78 is 10.1. The number of amides is 2. The van der Waals surface area contributed by atoms with Crippen molar-refractivity contribution in [1.29, 1.82) is 0 Å². The number of ether oxygens (including phenoxy) is 2. The first-order chi connectivity index (χ1) is 11.3. The van der Waals surface area contributed by atoms with Crippen molar-refractivity contribution in [3.05, 3.63) is 29.8 Å². The zero-order valence-corrected chi connectivity index (χ0v) is 14.1. The Morgan fingerprint density at radius 2 is 1.79 bits per heavy atom. The van der Waals surface area contributed by atoms with Crippen molar-refractivity contribution in [2.75, 3.05) is 21.3 Å². The van der Waals surface area contributed by atoms with Crippen LogP contribution in [0, 0.1) is 11.8 Å². The number of carbonyl (C=O) groups is 3. The third-order valence-electron chi connectivity index (χ3n) is 5.26. The third kappa shape index (κ3) is 2.11. The van der Waals surface area contributed by atoms with Crippen molar-refractivity contribution in [2.45, 2.75) is 18.5 Å². The molecule has 0 bridgehead atoms. The van der Waals surface area contributed by atoms with E-state index in [1.54, 1.807) is 31.5 Å². The van der Waals surface area contributed by atoms with Crippen LogP contribution >= 0.6 is 0 Å². The summed E-state index contributed by atoms with van der Waals surface area (Å²) in [4.78, 5) is 38.7. The van der Waals surface area contributed by atoms with E-state index >= 15 is 0 Å². The van der Waals surface area contributed by atoms with E-state index in [0.29, 0.717) is 5.75 Å². The van der Waals surface area contributed by atoms with E-state index in [1.807, 2.05) is 12.1 Å². The topological polar surface area (TPSA) is 89.5 Å². The molecule has 1 aromatic rings. The molecule has 7 heteroatoms. The number of likely N-dealkylation sites (tertiary alicyclic amines) is 1. The molecule has 2 aliphatic heterocycles. The lowest BCUT2D eigenvalue weighted by Gasteiger charge is -2.24. The van der Waals surface area contributed by atoms with Crippen molar-refractivity contribution in [3.8, 4) is 5.75 Å². The molecule has 2 amide bonds. The van der Waals surface area contributed by atoms with Crippen LogP contribution in [0.25, 0.3) is 0 Å². The van der Waals surface area contributed by atoms with E-state index in [2.05, 4.69) is 0 Å². The number of esters is 1. The van der Waals surface area contributed by atoms with E-state index in [9.17, 15) is 14.4 Å². The maximum atomic E-state index is 12.6. The molecule has 128 valence electrons. The van der Waals surface area contributed by atoms with Crippen molar-refractivity contribution >= 4 is 17.8 Å². The minimum absolute atomic E-state index is 0.255. The van der Waals surface area contributed by atoms with Gasteiger partial charge in [-0.1, -0.05) is 0 Å². The summed E-state index contributed by atoms with van der Waals surface area (Å²) >= 11 is 0. The molecular weight excluding hydrogens is 312 g/mol. The van der Waals surface area contributed by atoms with Crippen molar-refractivity contribution in [2.24, 2.45) is 11.8 Å². The molecule has 2 fully saturated rings. The summed E-state index contributed by atoms with van der Waals surface area (Å²) in [5.74, 6) is -1.69. The molecule has 2 aliphatic rings. The van der Waals surface area contributed by atoms with Crippen LogP contribution in [0.1, 0.15) is 18.5 Å². The minimum Gasteiger partial charge on any atom is -0.497 e. The van der Waals surface area contributed by atoms with Crippen LogP contribution in [0.5, 0.6) is 5.75 Å². The van der Waals surface area contributed by atoms with Gasteiger partial charge in [0.05, 0.1) is 14.2 Å². The second-order valence-electron chi connectivity index (χ2n) is 6.48. The first-order valence-electron chi connectivity index (χ1n) is 7.75. The predicted octanol–water partition coefficient (Wildman–Crippen LogP) is -0.524. The number of fused-ring (bicyclic) bond motifs is 1. The second-order valence-corrected chi connectivity index (χ2v) is 6.48. The molecule has 0 aromatic heterocycles. The standard InChI is InChI=1S/C17H20N2O5/c1-17(16(22)24-4)12-11(14(20)19(2)15(12)21)13(18-17)9-5-7-10(23-3)8-6-9/h5-8,11-13,18H,1-4H3/p+1/t11-,12+,13-,17+/m0/s1. The van der Waals surface area contributed by atoms with Gasteiger partial charge in [-0.3, -0.25) is 14.5 Å². The van der Waals surface area contributed by atoms with Gasteiger partial charge < -0.3 is 14.8 Å². The van der Waals surface area contributed by atoms with E-state index in [1.165, 1.54) is 14.2 Å². The highest BCUT2D eigenvalue weighted by molar-refractivity contribution is 6.08. The fraction of sp³-hybridized carbons (Fsp3) is 0.471. The van der Waals surface area contributed by atoms with Gasteiger partial charge in [0.1, 0.15) is 23.6 Å². The highest BCUT2D eigenvalue weighted by Gasteiger charge is 2.70. The zero-order valence-electron chi connectivity index (χ0n) is 14.1. The van der Waals surface area contributed by atoms with Crippen LogP contribution in [0.15, 0.2) is 24.3 Å². The second kappa shape index (κ2) is 5.59. The summed E-state index contributed by atoms with van der Waals surface area (Å²) in [6.07, 6.45) is 0. The molecule has 1 aromatic carbocycles. The summed E-state index contributed by atoms with van der Waals surface area (Å²) in [7, 11) is 4.34. The molecule has 0 unspecified atom stereocenters. The Morgan fingerprint density at radius 3 is 2.33 bits per heavy atom. The normalized spacial score (nSPS) is 32.0. The zero-order chi connectivity index (χ0) is 17.6. The van der Waals surface area contributed by atoms with E-state index in [4.69, 9.17) is 9.47 Å². The van der Waals surface area contributed by atoms with Gasteiger partial charge in [-0.2, -0.15) is 0 Å². The highest BCUT2D eigenvalue weighted by atomic mass is 16.5. The fourth-order valence-corrected chi connectivity index (χ4v) is 3.95. The van der Waals surface area contributed by atoms with Crippen LogP contribution in [0.4, 0.5) is 0 Å². The Bertz CT molecular complexity index is 701. The van der Waals surface area contributed by atoms with Gasteiger partial charge in [0.2, 0.25) is 17.4 Å². The van der Waals surface area contributed by atoms with E-state index in [0.717, 1.165) is 10.5 Å². The van der Waals surface area contributed by atoms with Crippen LogP contribution in [0.3, 0.4) is 0 Å². The molecule has 0 spiro atoms. The molecule has 0 aliphatic carbocycles. The first kappa shape index (κ1) is 16.4. The van der Waals surface area contributed by atoms with Crippen molar-refractivity contribution in [1.82, 2.24) is 4.90 Å². The number of hydrogen-bond donors (Lipinski definition) is 1. The van der Waals surface area contributed by atoms with Gasteiger partial charge in [-0.05, 0) is 24.3 Å². The number of quaternary nitrogens is 1. The van der Waals surface area contributed by atoms with E-state index in [-0.39, 0.29) is 17.9 Å². The summed E-state index contributed by atoms with van der Waals surface area (Å²) in [6.45, 7) is 1.67. The lowest BCUT2D eigenvalue weighted by molar-refractivity contribution is -0.731. The first-order valence-corrected chi connectivity index (χ1v) is 7.75.